The number of anilines is 1. The van der Waals surface area contributed by atoms with Crippen LogP contribution in [-0.4, -0.2) is 28.6 Å². The monoisotopic (exact) mass is 301 g/mol. The second-order valence-electron chi connectivity index (χ2n) is 3.92. The molecule has 0 bridgehead atoms. The largest absolute Gasteiger partial charge is 0.467 e. The van der Waals surface area contributed by atoms with Gasteiger partial charge in [0.2, 0.25) is 0 Å². The Morgan fingerprint density at radius 3 is 2.88 bits per heavy atom. The zero-order valence-electron chi connectivity index (χ0n) is 10.2. The highest BCUT2D eigenvalue weighted by molar-refractivity contribution is 9.10. The molecule has 0 saturated heterocycles. The van der Waals surface area contributed by atoms with Gasteiger partial charge in [-0.25, -0.2) is 14.8 Å². The van der Waals surface area contributed by atoms with E-state index in [0.29, 0.717) is 16.7 Å². The minimum atomic E-state index is -0.777. The van der Waals surface area contributed by atoms with Crippen LogP contribution in [0.2, 0.25) is 0 Å². The minimum absolute atomic E-state index is 0.301. The molecule has 1 aromatic rings. The van der Waals surface area contributed by atoms with Gasteiger partial charge in [0.1, 0.15) is 17.7 Å². The van der Waals surface area contributed by atoms with Gasteiger partial charge in [-0.2, -0.15) is 0 Å². The van der Waals surface area contributed by atoms with E-state index in [0.717, 1.165) is 6.42 Å². The van der Waals surface area contributed by atoms with Crippen molar-refractivity contribution in [2.75, 3.05) is 12.4 Å². The van der Waals surface area contributed by atoms with E-state index in [9.17, 15) is 4.79 Å². The average molecular weight is 302 g/mol. The van der Waals surface area contributed by atoms with Crippen molar-refractivity contribution >= 4 is 27.7 Å². The first-order chi connectivity index (χ1) is 8.03. The molecule has 6 heteroatoms. The lowest BCUT2D eigenvalue weighted by molar-refractivity contribution is -0.145. The van der Waals surface area contributed by atoms with Crippen LogP contribution in [-0.2, 0) is 9.53 Å². The second kappa shape index (κ2) is 5.95. The number of hydrogen-bond donors (Lipinski definition) is 1. The lowest BCUT2D eigenvalue weighted by Gasteiger charge is -2.28. The number of nitrogens with one attached hydrogen (secondary N) is 1. The maximum absolute atomic E-state index is 11.8. The van der Waals surface area contributed by atoms with Crippen molar-refractivity contribution in [1.82, 2.24) is 9.97 Å². The number of carbonyl (C=O) groups is 1. The summed E-state index contributed by atoms with van der Waals surface area (Å²) in [6, 6.07) is 0. The third-order valence-electron chi connectivity index (χ3n) is 2.45. The molecule has 1 heterocycles. The topological polar surface area (TPSA) is 64.1 Å². The van der Waals surface area contributed by atoms with Gasteiger partial charge in [0.15, 0.2) is 0 Å². The predicted octanol–water partition coefficient (Wildman–Crippen LogP) is 2.38. The summed E-state index contributed by atoms with van der Waals surface area (Å²) in [7, 11) is 1.38. The molecule has 0 saturated carbocycles. The fraction of sp³-hybridized carbons (Fsp3) is 0.545. The van der Waals surface area contributed by atoms with Gasteiger partial charge >= 0.3 is 5.97 Å². The minimum Gasteiger partial charge on any atom is -0.467 e. The number of carbonyl (C=O) groups excluding carboxylic acids is 1. The van der Waals surface area contributed by atoms with Crippen LogP contribution in [0.25, 0.3) is 0 Å². The summed E-state index contributed by atoms with van der Waals surface area (Å²) in [6.45, 7) is 3.81. The molecule has 17 heavy (non-hydrogen) atoms. The maximum Gasteiger partial charge on any atom is 0.331 e. The van der Waals surface area contributed by atoms with Crippen molar-refractivity contribution in [2.24, 2.45) is 0 Å². The van der Waals surface area contributed by atoms with Crippen molar-refractivity contribution in [2.45, 2.75) is 32.2 Å². The molecular formula is C11H16BrN3O2. The molecule has 0 aliphatic rings. The molecule has 1 aromatic heterocycles. The molecule has 1 atom stereocenters. The van der Waals surface area contributed by atoms with Crippen LogP contribution in [0.3, 0.4) is 0 Å². The average Bonchev–Trinajstić information content (AvgIpc) is 2.31. The molecule has 0 fully saturated rings. The lowest BCUT2D eigenvalue weighted by Crippen LogP contribution is -2.44. The van der Waals surface area contributed by atoms with Gasteiger partial charge in [-0.1, -0.05) is 13.3 Å². The third kappa shape index (κ3) is 3.39. The van der Waals surface area contributed by atoms with Gasteiger partial charge in [0.25, 0.3) is 0 Å². The number of aromatic nitrogens is 2. The number of nitrogens with zero attached hydrogens (tertiary/aromatic N) is 2. The number of methoxy groups -OCH3 is 1. The van der Waals surface area contributed by atoms with E-state index in [1.165, 1.54) is 13.4 Å². The van der Waals surface area contributed by atoms with Crippen molar-refractivity contribution in [3.05, 3.63) is 17.0 Å². The summed E-state index contributed by atoms with van der Waals surface area (Å²) < 4.78 is 5.53. The first kappa shape index (κ1) is 13.9. The molecule has 0 aliphatic carbocycles. The molecule has 1 N–H and O–H groups in total. The molecule has 0 aromatic carbocycles. The molecule has 1 rings (SSSR count). The van der Waals surface area contributed by atoms with Crippen molar-refractivity contribution in [3.63, 3.8) is 0 Å². The lowest BCUT2D eigenvalue weighted by atomic mass is 9.96. The van der Waals surface area contributed by atoms with Crippen molar-refractivity contribution in [1.29, 1.82) is 0 Å². The van der Waals surface area contributed by atoms with E-state index < -0.39 is 5.54 Å². The Kier molecular flexibility index (Phi) is 4.86. The fourth-order valence-corrected chi connectivity index (χ4v) is 1.93. The molecule has 0 amide bonds. The van der Waals surface area contributed by atoms with Gasteiger partial charge in [-0.15, -0.1) is 0 Å². The van der Waals surface area contributed by atoms with Crippen LogP contribution in [0.4, 0.5) is 5.82 Å². The summed E-state index contributed by atoms with van der Waals surface area (Å²) in [5.41, 5.74) is -0.777. The summed E-state index contributed by atoms with van der Waals surface area (Å²) in [5, 5.41) is 3.10. The molecule has 0 spiro atoms. The first-order valence-electron chi connectivity index (χ1n) is 5.35. The highest BCUT2D eigenvalue weighted by Gasteiger charge is 2.34. The second-order valence-corrected chi connectivity index (χ2v) is 4.77. The summed E-state index contributed by atoms with van der Waals surface area (Å²) in [4.78, 5) is 19.8. The molecule has 94 valence electrons. The highest BCUT2D eigenvalue weighted by atomic mass is 79.9. The van der Waals surface area contributed by atoms with E-state index in [2.05, 4.69) is 31.2 Å². The quantitative estimate of drug-likeness (QED) is 0.846. The summed E-state index contributed by atoms with van der Waals surface area (Å²) >= 11 is 3.33. The molecular weight excluding hydrogens is 286 g/mol. The van der Waals surface area contributed by atoms with E-state index in [1.807, 2.05) is 6.92 Å². The zero-order valence-corrected chi connectivity index (χ0v) is 11.7. The van der Waals surface area contributed by atoms with Gasteiger partial charge in [0.05, 0.1) is 11.6 Å². The van der Waals surface area contributed by atoms with Crippen molar-refractivity contribution < 1.29 is 9.53 Å². The van der Waals surface area contributed by atoms with Gasteiger partial charge in [0, 0.05) is 6.20 Å². The van der Waals surface area contributed by atoms with Gasteiger partial charge < -0.3 is 10.1 Å². The van der Waals surface area contributed by atoms with E-state index >= 15 is 0 Å². The van der Waals surface area contributed by atoms with Crippen LogP contribution < -0.4 is 5.32 Å². The number of hydrogen-bond acceptors (Lipinski definition) is 5. The summed E-state index contributed by atoms with van der Waals surface area (Å²) in [6.07, 6.45) is 4.58. The SMILES string of the molecule is CCCC(C)(Nc1ncncc1Br)C(=O)OC. The molecule has 0 radical (unpaired) electrons. The smallest absolute Gasteiger partial charge is 0.331 e. The van der Waals surface area contributed by atoms with Crippen LogP contribution in [0.5, 0.6) is 0 Å². The molecule has 1 unspecified atom stereocenters. The zero-order chi connectivity index (χ0) is 12.9. The Morgan fingerprint density at radius 2 is 2.35 bits per heavy atom. The highest BCUT2D eigenvalue weighted by Crippen LogP contribution is 2.25. The first-order valence-corrected chi connectivity index (χ1v) is 6.15. The molecule has 5 nitrogen and oxygen atoms in total. The number of esters is 1. The van der Waals surface area contributed by atoms with Gasteiger partial charge in [-0.05, 0) is 29.3 Å². The summed E-state index contributed by atoms with van der Waals surface area (Å²) in [5.74, 6) is 0.284. The van der Waals surface area contributed by atoms with Crippen LogP contribution in [0.1, 0.15) is 26.7 Å². The Balaban J connectivity index is 2.94. The van der Waals surface area contributed by atoms with Crippen LogP contribution >= 0.6 is 15.9 Å². The van der Waals surface area contributed by atoms with Gasteiger partial charge in [-0.3, -0.25) is 0 Å². The Labute approximate surface area is 109 Å². The predicted molar refractivity (Wildman–Crippen MR) is 68.7 cm³/mol. The van der Waals surface area contributed by atoms with E-state index in [1.54, 1.807) is 13.1 Å². The Morgan fingerprint density at radius 1 is 1.65 bits per heavy atom. The fourth-order valence-electron chi connectivity index (χ4n) is 1.61. The van der Waals surface area contributed by atoms with Crippen LogP contribution in [0.15, 0.2) is 17.0 Å². The van der Waals surface area contributed by atoms with Crippen LogP contribution in [0, 0.1) is 0 Å². The Bertz CT molecular complexity index is 400. The third-order valence-corrected chi connectivity index (χ3v) is 3.03. The van der Waals surface area contributed by atoms with E-state index in [4.69, 9.17) is 4.74 Å². The molecule has 0 aliphatic heterocycles. The maximum atomic E-state index is 11.8. The van der Waals surface area contributed by atoms with E-state index in [-0.39, 0.29) is 5.97 Å². The standard InChI is InChI=1S/C11H16BrN3O2/c1-4-5-11(2,10(16)17-3)15-9-8(12)6-13-7-14-9/h6-7H,4-5H2,1-3H3,(H,13,14,15). The van der Waals surface area contributed by atoms with Crippen molar-refractivity contribution in [3.8, 4) is 0 Å². The normalized spacial score (nSPS) is 13.9. The number of rotatable bonds is 5. The number of ether oxygens (including phenoxy) is 1. The Hall–Kier alpha value is -1.17. The number of halogens is 1.